The molecule has 0 amide bonds. The number of piperidine rings is 1. The first-order valence-electron chi connectivity index (χ1n) is 6.55. The fourth-order valence-electron chi connectivity index (χ4n) is 2.81. The van der Waals surface area contributed by atoms with E-state index in [2.05, 4.69) is 25.1 Å². The Morgan fingerprint density at radius 1 is 1.37 bits per heavy atom. The van der Waals surface area contributed by atoms with E-state index in [-0.39, 0.29) is 11.6 Å². The van der Waals surface area contributed by atoms with Crippen LogP contribution in [0, 0.1) is 6.92 Å². The van der Waals surface area contributed by atoms with Crippen LogP contribution in [0.4, 0.5) is 0 Å². The zero-order valence-corrected chi connectivity index (χ0v) is 12.4. The van der Waals surface area contributed by atoms with E-state index in [1.54, 1.807) is 0 Å². The summed E-state index contributed by atoms with van der Waals surface area (Å²) in [4.78, 5) is 17.2. The Balaban J connectivity index is 2.15. The summed E-state index contributed by atoms with van der Waals surface area (Å²) in [6.45, 7) is 3.80. The molecular formula is C14H16BrN3O. The molecule has 2 heterocycles. The van der Waals surface area contributed by atoms with Gasteiger partial charge in [0.1, 0.15) is 5.82 Å². The van der Waals surface area contributed by atoms with Gasteiger partial charge in [-0.05, 0) is 31.9 Å². The molecule has 0 spiro atoms. The minimum Gasteiger partial charge on any atom is -0.292 e. The summed E-state index contributed by atoms with van der Waals surface area (Å²) >= 11 is 3.52. The Labute approximate surface area is 120 Å². The predicted molar refractivity (Wildman–Crippen MR) is 79.5 cm³/mol. The summed E-state index contributed by atoms with van der Waals surface area (Å²) in [7, 11) is 0. The number of halogens is 1. The van der Waals surface area contributed by atoms with Crippen LogP contribution in [0.15, 0.2) is 29.1 Å². The lowest BCUT2D eigenvalue weighted by atomic mass is 10.1. The van der Waals surface area contributed by atoms with Gasteiger partial charge in [0.25, 0.3) is 5.56 Å². The Morgan fingerprint density at radius 2 is 2.16 bits per heavy atom. The highest BCUT2D eigenvalue weighted by molar-refractivity contribution is 9.07. The van der Waals surface area contributed by atoms with Gasteiger partial charge in [0.2, 0.25) is 0 Å². The fourth-order valence-corrected chi connectivity index (χ4v) is 3.39. The molecular weight excluding hydrogens is 306 g/mol. The van der Waals surface area contributed by atoms with Crippen LogP contribution in [0.5, 0.6) is 0 Å². The zero-order valence-electron chi connectivity index (χ0n) is 10.8. The maximum absolute atomic E-state index is 12.6. The average Bonchev–Trinajstić information content (AvgIpc) is 2.39. The van der Waals surface area contributed by atoms with Gasteiger partial charge in [-0.3, -0.25) is 9.36 Å². The molecule has 1 atom stereocenters. The van der Waals surface area contributed by atoms with Crippen LogP contribution in [0.25, 0.3) is 10.9 Å². The quantitative estimate of drug-likeness (QED) is 0.758. The molecule has 0 aliphatic carbocycles. The first-order chi connectivity index (χ1) is 9.16. The number of para-hydroxylation sites is 1. The van der Waals surface area contributed by atoms with E-state index >= 15 is 0 Å². The maximum Gasteiger partial charge on any atom is 0.261 e. The van der Waals surface area contributed by atoms with Crippen LogP contribution in [0.1, 0.15) is 24.7 Å². The van der Waals surface area contributed by atoms with E-state index in [9.17, 15) is 4.79 Å². The van der Waals surface area contributed by atoms with E-state index in [1.165, 1.54) is 0 Å². The van der Waals surface area contributed by atoms with Gasteiger partial charge in [0, 0.05) is 29.2 Å². The van der Waals surface area contributed by atoms with Gasteiger partial charge in [-0.2, -0.15) is 0 Å². The number of hydrogen-bond acceptors (Lipinski definition) is 3. The molecule has 0 N–H and O–H groups in total. The first-order valence-corrected chi connectivity index (χ1v) is 7.26. The highest BCUT2D eigenvalue weighted by Crippen LogP contribution is 2.23. The minimum absolute atomic E-state index is 0.0795. The van der Waals surface area contributed by atoms with Gasteiger partial charge in [0.05, 0.1) is 16.9 Å². The molecule has 4 nitrogen and oxygen atoms in total. The number of hydrogen-bond donors (Lipinski definition) is 0. The van der Waals surface area contributed by atoms with Gasteiger partial charge in [-0.25, -0.2) is 8.91 Å². The topological polar surface area (TPSA) is 38.1 Å². The Hall–Kier alpha value is -1.20. The van der Waals surface area contributed by atoms with Crippen molar-refractivity contribution in [2.75, 3.05) is 13.1 Å². The largest absolute Gasteiger partial charge is 0.292 e. The lowest BCUT2D eigenvalue weighted by molar-refractivity contribution is 0.283. The second-order valence-electron chi connectivity index (χ2n) is 5.02. The third-order valence-electron chi connectivity index (χ3n) is 3.70. The molecule has 100 valence electrons. The number of fused-ring (bicyclic) bond motifs is 1. The van der Waals surface area contributed by atoms with Crippen LogP contribution in [-0.4, -0.2) is 26.6 Å². The van der Waals surface area contributed by atoms with Crippen molar-refractivity contribution in [1.82, 2.24) is 13.5 Å². The molecule has 1 aliphatic heterocycles. The molecule has 0 saturated carbocycles. The Morgan fingerprint density at radius 3 is 2.95 bits per heavy atom. The third kappa shape index (κ3) is 2.32. The van der Waals surface area contributed by atoms with E-state index in [0.29, 0.717) is 5.39 Å². The van der Waals surface area contributed by atoms with Crippen molar-refractivity contribution < 1.29 is 0 Å². The lowest BCUT2D eigenvalue weighted by Gasteiger charge is -2.30. The van der Waals surface area contributed by atoms with Crippen molar-refractivity contribution in [3.63, 3.8) is 0 Å². The highest BCUT2D eigenvalue weighted by atomic mass is 79.9. The molecule has 1 aromatic heterocycles. The van der Waals surface area contributed by atoms with Crippen molar-refractivity contribution in [3.8, 4) is 0 Å². The van der Waals surface area contributed by atoms with Crippen LogP contribution in [-0.2, 0) is 0 Å². The van der Waals surface area contributed by atoms with E-state index < -0.39 is 0 Å². The molecule has 1 aliphatic rings. The molecule has 0 radical (unpaired) electrons. The van der Waals surface area contributed by atoms with Crippen LogP contribution in [0.3, 0.4) is 0 Å². The molecule has 1 aromatic carbocycles. The van der Waals surface area contributed by atoms with Crippen molar-refractivity contribution >= 4 is 27.1 Å². The second-order valence-corrected chi connectivity index (χ2v) is 6.02. The van der Waals surface area contributed by atoms with Crippen LogP contribution in [0.2, 0.25) is 0 Å². The summed E-state index contributed by atoms with van der Waals surface area (Å²) in [6, 6.07) is 7.76. The molecule has 19 heavy (non-hydrogen) atoms. The number of benzene rings is 1. The number of aromatic nitrogens is 2. The SMILES string of the molecule is Cc1nc2ccccc2c(=O)n1C1CCCN(Br)C1. The fraction of sp³-hybridized carbons (Fsp3) is 0.429. The highest BCUT2D eigenvalue weighted by Gasteiger charge is 2.23. The normalized spacial score (nSPS) is 20.8. The third-order valence-corrected chi connectivity index (χ3v) is 4.34. The molecule has 0 bridgehead atoms. The lowest BCUT2D eigenvalue weighted by Crippen LogP contribution is -2.36. The van der Waals surface area contributed by atoms with E-state index in [4.69, 9.17) is 0 Å². The Kier molecular flexibility index (Phi) is 3.41. The summed E-state index contributed by atoms with van der Waals surface area (Å²) in [6.07, 6.45) is 2.12. The maximum atomic E-state index is 12.6. The van der Waals surface area contributed by atoms with Crippen molar-refractivity contribution in [1.29, 1.82) is 0 Å². The average molecular weight is 322 g/mol. The van der Waals surface area contributed by atoms with Crippen LogP contribution < -0.4 is 5.56 Å². The second kappa shape index (κ2) is 5.06. The van der Waals surface area contributed by atoms with Crippen LogP contribution >= 0.6 is 16.1 Å². The standard InChI is InChI=1S/C14H16BrN3O/c1-10-16-13-7-3-2-6-12(13)14(19)18(10)11-5-4-8-17(15)9-11/h2-3,6-7,11H,4-5,8-9H2,1H3. The number of aryl methyl sites for hydroxylation is 1. The molecule has 3 rings (SSSR count). The molecule has 5 heteroatoms. The van der Waals surface area contributed by atoms with Gasteiger partial charge in [-0.1, -0.05) is 12.1 Å². The minimum atomic E-state index is 0.0795. The van der Waals surface area contributed by atoms with Gasteiger partial charge in [0.15, 0.2) is 0 Å². The molecule has 1 fully saturated rings. The smallest absolute Gasteiger partial charge is 0.261 e. The monoisotopic (exact) mass is 321 g/mol. The molecule has 1 unspecified atom stereocenters. The number of nitrogens with zero attached hydrogens (tertiary/aromatic N) is 3. The summed E-state index contributed by atoms with van der Waals surface area (Å²) < 4.78 is 3.96. The van der Waals surface area contributed by atoms with Gasteiger partial charge in [-0.15, -0.1) is 0 Å². The van der Waals surface area contributed by atoms with E-state index in [0.717, 1.165) is 37.3 Å². The molecule has 1 saturated heterocycles. The first kappa shape index (κ1) is 12.8. The van der Waals surface area contributed by atoms with E-state index in [1.807, 2.05) is 35.8 Å². The number of rotatable bonds is 1. The Bertz CT molecular complexity index is 667. The zero-order chi connectivity index (χ0) is 13.4. The summed E-state index contributed by atoms with van der Waals surface area (Å²) in [5.41, 5.74) is 0.864. The van der Waals surface area contributed by atoms with Crippen molar-refractivity contribution in [3.05, 3.63) is 40.4 Å². The summed E-state index contributed by atoms with van der Waals surface area (Å²) in [5.74, 6) is 0.802. The van der Waals surface area contributed by atoms with Gasteiger partial charge >= 0.3 is 0 Å². The van der Waals surface area contributed by atoms with Gasteiger partial charge < -0.3 is 0 Å². The molecule has 2 aromatic rings. The predicted octanol–water partition coefficient (Wildman–Crippen LogP) is 2.65. The van der Waals surface area contributed by atoms with Crippen molar-refractivity contribution in [2.45, 2.75) is 25.8 Å². The summed E-state index contributed by atoms with van der Waals surface area (Å²) in [5, 5.41) is 0.708. The van der Waals surface area contributed by atoms with Crippen molar-refractivity contribution in [2.24, 2.45) is 0 Å².